The fraction of sp³-hybridized carbons (Fsp3) is 0.320. The van der Waals surface area contributed by atoms with Gasteiger partial charge in [0.25, 0.3) is 0 Å². The number of aromatic nitrogens is 4. The summed E-state index contributed by atoms with van der Waals surface area (Å²) in [6, 6.07) is 36.5. The maximum atomic E-state index is 6.47. The molecule has 3 heterocycles. The second-order valence-electron chi connectivity index (χ2n) is 15.4. The van der Waals surface area contributed by atoms with Crippen molar-refractivity contribution in [1.29, 1.82) is 0 Å². The van der Waals surface area contributed by atoms with Gasteiger partial charge in [-0.25, -0.2) is 4.98 Å². The summed E-state index contributed by atoms with van der Waals surface area (Å²) in [5.74, 6) is 4.34. The number of para-hydroxylation sites is 1. The van der Waals surface area contributed by atoms with Crippen LogP contribution in [-0.2, 0) is 40.9 Å². The van der Waals surface area contributed by atoms with E-state index < -0.39 is 0 Å². The molecule has 2 aliphatic carbocycles. The van der Waals surface area contributed by atoms with E-state index in [9.17, 15) is 0 Å². The molecular weight excluding hydrogens is 1060 g/mol. The molecule has 0 bridgehead atoms. The van der Waals surface area contributed by atoms with Gasteiger partial charge in [-0.2, -0.15) is 6.07 Å². The Morgan fingerprint density at radius 2 is 1.32 bits per heavy atom. The normalized spacial score (nSPS) is 13.7. The third kappa shape index (κ3) is 9.73. The van der Waals surface area contributed by atoms with E-state index in [4.69, 9.17) is 9.72 Å². The molecule has 0 saturated heterocycles. The molecule has 5 nitrogen and oxygen atoms in total. The van der Waals surface area contributed by atoms with Crippen molar-refractivity contribution in [2.75, 3.05) is 0 Å². The summed E-state index contributed by atoms with van der Waals surface area (Å²) in [6.07, 6.45) is 18.6. The number of imidazole rings is 1. The molecule has 2 saturated carbocycles. The van der Waals surface area contributed by atoms with E-state index in [0.29, 0.717) is 29.3 Å². The van der Waals surface area contributed by atoms with Crippen LogP contribution >= 0.6 is 0 Å². The van der Waals surface area contributed by atoms with Crippen LogP contribution in [0.5, 0.6) is 11.5 Å². The van der Waals surface area contributed by atoms with Crippen molar-refractivity contribution in [3.63, 3.8) is 0 Å². The number of ether oxygens (including phenoxy) is 1. The molecule has 7 aromatic rings. The smallest absolute Gasteiger partial charge is 0.503 e. The van der Waals surface area contributed by atoms with E-state index in [1.165, 1.54) is 80.2 Å². The Morgan fingerprint density at radius 1 is 0.667 bits per heavy atom. The van der Waals surface area contributed by atoms with Gasteiger partial charge in [0, 0.05) is 41.3 Å². The first-order valence-electron chi connectivity index (χ1n) is 19.7. The van der Waals surface area contributed by atoms with Crippen LogP contribution in [0, 0.1) is 27.0 Å². The summed E-state index contributed by atoms with van der Waals surface area (Å²) in [5.41, 5.74) is 8.38. The Kier molecular flexibility index (Phi) is 16.7. The molecule has 0 spiro atoms. The van der Waals surface area contributed by atoms with Crippen LogP contribution in [0.3, 0.4) is 0 Å². The monoisotopic (exact) mass is 1120 g/mol. The van der Waals surface area contributed by atoms with Gasteiger partial charge in [-0.15, -0.1) is 41.3 Å². The predicted molar refractivity (Wildman–Crippen MR) is 231 cm³/mol. The standard InChI is InChI=1S/C43H40N4O.C5H10.2CH3.Os.Pt/c1-28(2)37-25-32(30-12-5-6-13-30)26-38(29(3)4)42(37)46-23-22-45-43(46)31-14-11-15-33(24-31)48-34-19-20-36-35-16-7-8-17-39(35)47(40(36)27-34)41-18-9-10-21-44-41;1-2-4-5-3-1;;;;/h7-11,14-23,25-26,28-30H,5-6,12-13H2,1-4H3;1-5H2;2*1H3;;/q-2;;2*-1;2*+2. The van der Waals surface area contributed by atoms with E-state index >= 15 is 0 Å². The first kappa shape index (κ1) is 45.9. The van der Waals surface area contributed by atoms with Crippen LogP contribution in [-0.4, -0.2) is 19.1 Å². The Morgan fingerprint density at radius 3 is 1.96 bits per heavy atom. The van der Waals surface area contributed by atoms with E-state index in [1.807, 2.05) is 48.8 Å². The summed E-state index contributed by atoms with van der Waals surface area (Å²) in [6.45, 7) is 9.22. The second kappa shape index (κ2) is 20.7. The summed E-state index contributed by atoms with van der Waals surface area (Å²) in [5, 5.41) is 2.25. The van der Waals surface area contributed by atoms with Gasteiger partial charge in [-0.1, -0.05) is 121 Å². The zero-order chi connectivity index (χ0) is 36.3. The second-order valence-corrected chi connectivity index (χ2v) is 15.4. The summed E-state index contributed by atoms with van der Waals surface area (Å²) >= 11 is 0. The Hall–Kier alpha value is -3.84. The van der Waals surface area contributed by atoms with Crippen LogP contribution < -0.4 is 4.74 Å². The average Bonchev–Trinajstić information content (AvgIpc) is 4.03. The quantitative estimate of drug-likeness (QED) is 0.142. The molecule has 4 aromatic carbocycles. The first-order valence-corrected chi connectivity index (χ1v) is 19.7. The molecule has 0 atom stereocenters. The van der Waals surface area contributed by atoms with Crippen molar-refractivity contribution in [2.24, 2.45) is 0 Å². The van der Waals surface area contributed by atoms with Crippen LogP contribution in [0.4, 0.5) is 0 Å². The van der Waals surface area contributed by atoms with Crippen LogP contribution in [0.2, 0.25) is 0 Å². The molecule has 2 aliphatic rings. The minimum Gasteiger partial charge on any atom is -0.503 e. The minimum absolute atomic E-state index is 0. The van der Waals surface area contributed by atoms with Gasteiger partial charge < -0.3 is 28.7 Å². The van der Waals surface area contributed by atoms with Crippen LogP contribution in [0.1, 0.15) is 120 Å². The fourth-order valence-corrected chi connectivity index (χ4v) is 8.34. The summed E-state index contributed by atoms with van der Waals surface area (Å²) in [7, 11) is 0. The van der Waals surface area contributed by atoms with Gasteiger partial charge in [0.15, 0.2) is 0 Å². The molecule has 0 unspecified atom stereocenters. The molecule has 300 valence electrons. The van der Waals surface area contributed by atoms with Crippen molar-refractivity contribution < 1.29 is 45.6 Å². The van der Waals surface area contributed by atoms with Crippen molar-refractivity contribution >= 4 is 21.8 Å². The topological polar surface area (TPSA) is 44.9 Å². The van der Waals surface area contributed by atoms with Gasteiger partial charge in [0.1, 0.15) is 5.82 Å². The molecule has 9 rings (SSSR count). The number of hydrogen-bond acceptors (Lipinski definition) is 3. The number of benzene rings is 4. The van der Waals surface area contributed by atoms with Crippen molar-refractivity contribution in [1.82, 2.24) is 19.1 Å². The molecule has 3 aromatic heterocycles. The van der Waals surface area contributed by atoms with Crippen molar-refractivity contribution in [2.45, 2.75) is 103 Å². The largest absolute Gasteiger partial charge is 2.00 e. The van der Waals surface area contributed by atoms with Gasteiger partial charge in [-0.3, -0.25) is 4.98 Å². The Labute approximate surface area is 369 Å². The molecule has 0 radical (unpaired) electrons. The summed E-state index contributed by atoms with van der Waals surface area (Å²) in [4.78, 5) is 9.53. The maximum absolute atomic E-state index is 6.47. The van der Waals surface area contributed by atoms with Crippen LogP contribution in [0.15, 0.2) is 104 Å². The van der Waals surface area contributed by atoms with Crippen LogP contribution in [0.25, 0.3) is 44.7 Å². The summed E-state index contributed by atoms with van der Waals surface area (Å²) < 4.78 is 10.9. The molecule has 7 heteroatoms. The zero-order valence-corrected chi connectivity index (χ0v) is 39.1. The predicted octanol–water partition coefficient (Wildman–Crippen LogP) is 14.2. The molecule has 57 heavy (non-hydrogen) atoms. The third-order valence-electron chi connectivity index (χ3n) is 11.1. The third-order valence-corrected chi connectivity index (χ3v) is 11.1. The molecule has 0 N–H and O–H groups in total. The number of fused-ring (bicyclic) bond motifs is 3. The molecule has 0 amide bonds. The van der Waals surface area contributed by atoms with E-state index in [2.05, 4.69) is 109 Å². The molecular formula is C50H56N4OOsPt. The number of hydrogen-bond donors (Lipinski definition) is 0. The maximum Gasteiger partial charge on any atom is 2.00 e. The van der Waals surface area contributed by atoms with E-state index in [1.54, 1.807) is 0 Å². The van der Waals surface area contributed by atoms with Gasteiger partial charge in [0.2, 0.25) is 0 Å². The Bertz CT molecular complexity index is 2300. The number of nitrogens with zero attached hydrogens (tertiary/aromatic N) is 4. The first-order chi connectivity index (χ1) is 26.0. The molecule has 2 fully saturated rings. The van der Waals surface area contributed by atoms with Crippen molar-refractivity contribution in [3.05, 3.63) is 147 Å². The van der Waals surface area contributed by atoms with Crippen molar-refractivity contribution in [3.8, 4) is 34.4 Å². The average molecular weight is 1110 g/mol. The van der Waals surface area contributed by atoms with E-state index in [-0.39, 0.29) is 55.7 Å². The molecule has 0 aliphatic heterocycles. The fourth-order valence-electron chi connectivity index (χ4n) is 8.34. The zero-order valence-electron chi connectivity index (χ0n) is 34.3. The van der Waals surface area contributed by atoms with Gasteiger partial charge in [0.05, 0.1) is 5.82 Å². The van der Waals surface area contributed by atoms with Gasteiger partial charge >= 0.3 is 40.9 Å². The SMILES string of the molecule is C1CCCC1.CC(C)c1cc(C2CCCC2)cc(C(C)C)c1-n1ccnc1-c1[c-]c(Oc2[c-]c3c(cc2)c2ccccc2n3-c2ccccn2)ccc1.[CH3-].[CH3-].[Os+2].[Pt+2]. The number of pyridine rings is 1. The minimum atomic E-state index is 0. The van der Waals surface area contributed by atoms with E-state index in [0.717, 1.165) is 39.0 Å². The Balaban J connectivity index is 0.000000745. The number of rotatable bonds is 8. The van der Waals surface area contributed by atoms with Gasteiger partial charge in [-0.05, 0) is 70.9 Å².